The number of hydrogen-bond donors (Lipinski definition) is 1. The second kappa shape index (κ2) is 11.2. The van der Waals surface area contributed by atoms with E-state index in [1.165, 1.54) is 21.3 Å². The minimum atomic E-state index is -3.88. The molecule has 3 heterocycles. The average Bonchev–Trinajstić information content (AvgIpc) is 3.41. The van der Waals surface area contributed by atoms with E-state index in [4.69, 9.17) is 14.3 Å². The number of aromatic nitrogens is 3. The first-order valence-electron chi connectivity index (χ1n) is 14.1. The van der Waals surface area contributed by atoms with Crippen molar-refractivity contribution in [1.82, 2.24) is 18.8 Å². The van der Waals surface area contributed by atoms with Gasteiger partial charge in [-0.05, 0) is 64.3 Å². The highest BCUT2D eigenvalue weighted by Gasteiger charge is 2.52. The summed E-state index contributed by atoms with van der Waals surface area (Å²) in [4.78, 5) is 23.9. The standard InChI is InChI=1S/C31H37BN4O6S/c1-20-15-23(13-14-24(20)29(38)35(7)17-21(2)37)25-18-36(43(39,40)19-22-11-9-8-10-12-22)28-27(25)34-26(16-33-28)32-41-30(3,4)31(5,6)42-32/h8-16,18,21,37H,17,19H2,1-7H3/t21-/m0/s1. The number of likely N-dealkylation sites (N-methyl/N-ethyl adjacent to an activating group) is 1. The van der Waals surface area contributed by atoms with E-state index in [9.17, 15) is 18.3 Å². The molecule has 0 bridgehead atoms. The van der Waals surface area contributed by atoms with Crippen LogP contribution in [0, 0.1) is 6.92 Å². The third kappa shape index (κ3) is 5.97. The van der Waals surface area contributed by atoms with Crippen LogP contribution in [-0.2, 0) is 25.1 Å². The van der Waals surface area contributed by atoms with E-state index in [1.54, 1.807) is 50.4 Å². The van der Waals surface area contributed by atoms with Crippen molar-refractivity contribution in [2.75, 3.05) is 13.6 Å². The van der Waals surface area contributed by atoms with Crippen LogP contribution < -0.4 is 5.59 Å². The molecule has 0 aliphatic carbocycles. The Hall–Kier alpha value is -3.58. The minimum absolute atomic E-state index is 0.181. The fourth-order valence-corrected chi connectivity index (χ4v) is 6.50. The van der Waals surface area contributed by atoms with Gasteiger partial charge in [0.25, 0.3) is 5.91 Å². The van der Waals surface area contributed by atoms with Crippen LogP contribution >= 0.6 is 0 Å². The highest BCUT2D eigenvalue weighted by atomic mass is 32.2. The van der Waals surface area contributed by atoms with Gasteiger partial charge in [0.2, 0.25) is 10.0 Å². The third-order valence-corrected chi connectivity index (χ3v) is 9.70. The Labute approximate surface area is 252 Å². The number of aliphatic hydroxyl groups excluding tert-OH is 1. The maximum Gasteiger partial charge on any atom is 0.516 e. The zero-order valence-electron chi connectivity index (χ0n) is 25.5. The van der Waals surface area contributed by atoms with E-state index in [0.717, 1.165) is 0 Å². The Morgan fingerprint density at radius 1 is 1.09 bits per heavy atom. The Balaban J connectivity index is 1.62. The molecule has 1 saturated heterocycles. The Morgan fingerprint density at radius 3 is 2.35 bits per heavy atom. The van der Waals surface area contributed by atoms with Gasteiger partial charge in [0.05, 0.1) is 28.7 Å². The molecular formula is C31H37BN4O6S. The molecule has 4 aromatic rings. The highest BCUT2D eigenvalue weighted by molar-refractivity contribution is 7.89. The molecule has 1 N–H and O–H groups in total. The molecule has 43 heavy (non-hydrogen) atoms. The summed E-state index contributed by atoms with van der Waals surface area (Å²) in [6.07, 6.45) is 2.37. The fraction of sp³-hybridized carbons (Fsp3) is 0.387. The third-order valence-electron chi connectivity index (χ3n) is 8.12. The zero-order chi connectivity index (χ0) is 31.3. The lowest BCUT2D eigenvalue weighted by atomic mass is 9.85. The number of amides is 1. The van der Waals surface area contributed by atoms with Crippen LogP contribution in [0.1, 0.15) is 56.1 Å². The predicted octanol–water partition coefficient (Wildman–Crippen LogP) is 3.54. The van der Waals surface area contributed by atoms with Crippen LogP contribution in [0.5, 0.6) is 0 Å². The van der Waals surface area contributed by atoms with Gasteiger partial charge in [-0.25, -0.2) is 17.4 Å². The summed E-state index contributed by atoms with van der Waals surface area (Å²) in [7, 11) is -3.03. The molecule has 10 nitrogen and oxygen atoms in total. The first-order chi connectivity index (χ1) is 20.1. The van der Waals surface area contributed by atoms with E-state index >= 15 is 0 Å². The zero-order valence-corrected chi connectivity index (χ0v) is 26.3. The number of nitrogens with zero attached hydrogens (tertiary/aromatic N) is 4. The summed E-state index contributed by atoms with van der Waals surface area (Å²) in [5.41, 5.74) is 2.82. The van der Waals surface area contributed by atoms with Crippen molar-refractivity contribution in [3.63, 3.8) is 0 Å². The van der Waals surface area contributed by atoms with E-state index < -0.39 is 34.4 Å². The molecule has 1 fully saturated rings. The van der Waals surface area contributed by atoms with Crippen LogP contribution in [0.2, 0.25) is 0 Å². The number of hydrogen-bond acceptors (Lipinski definition) is 8. The summed E-state index contributed by atoms with van der Waals surface area (Å²) >= 11 is 0. The SMILES string of the molecule is Cc1cc(-c2cn(S(=O)(=O)Cc3ccccc3)c3ncc(B4OC(C)(C)C(C)(C)O4)nc23)ccc1C(=O)N(C)C[C@H](C)O. The topological polar surface area (TPSA) is 124 Å². The number of benzene rings is 2. The number of rotatable bonds is 8. The molecule has 0 radical (unpaired) electrons. The van der Waals surface area contributed by atoms with Crippen molar-refractivity contribution in [3.8, 4) is 11.1 Å². The molecule has 1 atom stereocenters. The number of carbonyl (C=O) groups excluding carboxylic acids is 1. The largest absolute Gasteiger partial charge is 0.516 e. The van der Waals surface area contributed by atoms with E-state index in [1.807, 2.05) is 46.8 Å². The summed E-state index contributed by atoms with van der Waals surface area (Å²) in [5, 5.41) is 9.72. The number of aryl methyl sites for hydroxylation is 1. The Bertz CT molecular complexity index is 1770. The van der Waals surface area contributed by atoms with Crippen LogP contribution in [0.3, 0.4) is 0 Å². The van der Waals surface area contributed by atoms with Crippen LogP contribution in [0.4, 0.5) is 0 Å². The molecule has 1 aliphatic rings. The lowest BCUT2D eigenvalue weighted by Crippen LogP contribution is -2.41. The lowest BCUT2D eigenvalue weighted by Gasteiger charge is -2.32. The van der Waals surface area contributed by atoms with Gasteiger partial charge in [-0.15, -0.1) is 0 Å². The summed E-state index contributed by atoms with van der Waals surface area (Å²) in [6, 6.07) is 14.3. The molecule has 0 saturated carbocycles. The highest BCUT2D eigenvalue weighted by Crippen LogP contribution is 2.37. The number of carbonyl (C=O) groups is 1. The van der Waals surface area contributed by atoms with Gasteiger partial charge in [-0.1, -0.05) is 42.5 Å². The van der Waals surface area contributed by atoms with E-state index in [-0.39, 0.29) is 23.9 Å². The van der Waals surface area contributed by atoms with Crippen molar-refractivity contribution in [3.05, 3.63) is 77.6 Å². The van der Waals surface area contributed by atoms with Gasteiger partial charge < -0.3 is 19.3 Å². The van der Waals surface area contributed by atoms with E-state index in [0.29, 0.717) is 38.9 Å². The summed E-state index contributed by atoms with van der Waals surface area (Å²) in [6.45, 7) is 11.4. The van der Waals surface area contributed by atoms with Gasteiger partial charge in [0.1, 0.15) is 5.52 Å². The number of fused-ring (bicyclic) bond motifs is 1. The minimum Gasteiger partial charge on any atom is -0.398 e. The Morgan fingerprint density at radius 2 is 1.74 bits per heavy atom. The first kappa shape index (κ1) is 30.9. The fourth-order valence-electron chi connectivity index (χ4n) is 5.09. The second-order valence-corrected chi connectivity index (χ2v) is 14.0. The molecular weight excluding hydrogens is 567 g/mol. The molecule has 1 aliphatic heterocycles. The maximum absolute atomic E-state index is 13.7. The number of aliphatic hydroxyl groups is 1. The first-order valence-corrected chi connectivity index (χ1v) is 15.8. The average molecular weight is 605 g/mol. The van der Waals surface area contributed by atoms with Gasteiger partial charge in [0.15, 0.2) is 5.65 Å². The van der Waals surface area contributed by atoms with Crippen molar-refractivity contribution < 1.29 is 27.6 Å². The van der Waals surface area contributed by atoms with Crippen LogP contribution in [-0.4, -0.2) is 76.3 Å². The molecule has 12 heteroatoms. The van der Waals surface area contributed by atoms with E-state index in [2.05, 4.69) is 4.98 Å². The monoisotopic (exact) mass is 604 g/mol. The summed E-state index contributed by atoms with van der Waals surface area (Å²) in [5.74, 6) is -0.444. The second-order valence-electron chi connectivity index (χ2n) is 12.2. The molecule has 0 spiro atoms. The van der Waals surface area contributed by atoms with Gasteiger partial charge >= 0.3 is 7.12 Å². The van der Waals surface area contributed by atoms with Crippen molar-refractivity contribution in [2.24, 2.45) is 0 Å². The van der Waals surface area contributed by atoms with Gasteiger partial charge in [0, 0.05) is 37.1 Å². The molecule has 226 valence electrons. The predicted molar refractivity (Wildman–Crippen MR) is 167 cm³/mol. The quantitative estimate of drug-likeness (QED) is 0.303. The molecule has 2 aromatic carbocycles. The van der Waals surface area contributed by atoms with Crippen LogP contribution in [0.25, 0.3) is 22.3 Å². The maximum atomic E-state index is 13.7. The van der Waals surface area contributed by atoms with Crippen LogP contribution in [0.15, 0.2) is 60.9 Å². The lowest BCUT2D eigenvalue weighted by molar-refractivity contribution is 0.00578. The Kier molecular flexibility index (Phi) is 8.02. The van der Waals surface area contributed by atoms with Gasteiger partial charge in [-0.2, -0.15) is 0 Å². The smallest absolute Gasteiger partial charge is 0.398 e. The molecule has 2 aromatic heterocycles. The summed E-state index contributed by atoms with van der Waals surface area (Å²) < 4.78 is 41.0. The molecule has 0 unspecified atom stereocenters. The van der Waals surface area contributed by atoms with Crippen molar-refractivity contribution in [2.45, 2.75) is 64.6 Å². The molecule has 5 rings (SSSR count). The van der Waals surface area contributed by atoms with Gasteiger partial charge in [-0.3, -0.25) is 9.78 Å². The van der Waals surface area contributed by atoms with Crippen molar-refractivity contribution >= 4 is 39.8 Å². The molecule has 1 amide bonds. The normalized spacial score (nSPS) is 16.9. The van der Waals surface area contributed by atoms with Crippen molar-refractivity contribution in [1.29, 1.82) is 0 Å².